The van der Waals surface area contributed by atoms with E-state index in [-0.39, 0.29) is 15.0 Å². The Kier molecular flexibility index (Phi) is 4.02. The van der Waals surface area contributed by atoms with Crippen LogP contribution >= 0.6 is 22.6 Å². The number of rotatable bonds is 4. The van der Waals surface area contributed by atoms with Gasteiger partial charge in [-0.3, -0.25) is 4.79 Å². The van der Waals surface area contributed by atoms with E-state index >= 15 is 0 Å². The summed E-state index contributed by atoms with van der Waals surface area (Å²) in [6.45, 7) is 8.22. The molecule has 0 saturated heterocycles. The Hall–Kier alpha value is 0.200. The van der Waals surface area contributed by atoms with Crippen molar-refractivity contribution in [1.29, 1.82) is 0 Å². The smallest absolute Gasteiger partial charge is 0.322 e. The third-order valence-corrected chi connectivity index (χ3v) is 6.28. The highest BCUT2D eigenvalue weighted by molar-refractivity contribution is 14.1. The van der Waals surface area contributed by atoms with Crippen LogP contribution in [0.3, 0.4) is 0 Å². The molecule has 2 aliphatic carbocycles. The molecule has 4 unspecified atom stereocenters. The molecule has 0 aromatic carbocycles. The van der Waals surface area contributed by atoms with Crippen LogP contribution in [0.1, 0.15) is 59.8 Å². The highest BCUT2D eigenvalue weighted by Gasteiger charge is 2.49. The zero-order valence-electron chi connectivity index (χ0n) is 12.0. The lowest BCUT2D eigenvalue weighted by Gasteiger charge is -2.38. The fourth-order valence-electron chi connectivity index (χ4n) is 3.66. The van der Waals surface area contributed by atoms with Crippen molar-refractivity contribution in [3.63, 3.8) is 0 Å². The first-order valence-corrected chi connectivity index (χ1v) is 8.26. The van der Waals surface area contributed by atoms with E-state index in [1.165, 1.54) is 25.7 Å². The molecule has 18 heavy (non-hydrogen) atoms. The van der Waals surface area contributed by atoms with Crippen LogP contribution in [0.15, 0.2) is 0 Å². The van der Waals surface area contributed by atoms with Gasteiger partial charge in [-0.05, 0) is 58.3 Å². The van der Waals surface area contributed by atoms with Crippen LogP contribution in [0.4, 0.5) is 0 Å². The number of hydrogen-bond acceptors (Lipinski definition) is 2. The molecule has 2 saturated carbocycles. The molecule has 0 spiro atoms. The largest absolute Gasteiger partial charge is 0.458 e. The van der Waals surface area contributed by atoms with Gasteiger partial charge in [-0.25, -0.2) is 0 Å². The first-order valence-electron chi connectivity index (χ1n) is 7.18. The molecule has 0 heterocycles. The van der Waals surface area contributed by atoms with E-state index in [9.17, 15) is 4.79 Å². The molecule has 0 aromatic rings. The van der Waals surface area contributed by atoms with Crippen LogP contribution in [0.2, 0.25) is 0 Å². The number of alkyl halides is 1. The lowest BCUT2D eigenvalue weighted by molar-refractivity contribution is -0.165. The minimum absolute atomic E-state index is 0.0432. The Balaban J connectivity index is 2.01. The SMILES string of the molecule is CCC(C)(I)C(=O)OC(C)(C)C1CC2CCC1C2. The average Bonchev–Trinajstić information content (AvgIpc) is 2.90. The zero-order valence-corrected chi connectivity index (χ0v) is 14.1. The zero-order chi connectivity index (χ0) is 13.6. The van der Waals surface area contributed by atoms with Crippen molar-refractivity contribution < 1.29 is 9.53 Å². The van der Waals surface area contributed by atoms with Gasteiger partial charge in [0.05, 0.1) is 0 Å². The molecule has 0 aliphatic heterocycles. The van der Waals surface area contributed by atoms with E-state index in [2.05, 4.69) is 36.4 Å². The molecule has 0 amide bonds. The van der Waals surface area contributed by atoms with E-state index < -0.39 is 0 Å². The summed E-state index contributed by atoms with van der Waals surface area (Å²) in [5, 5.41) is 0. The van der Waals surface area contributed by atoms with Crippen molar-refractivity contribution in [1.82, 2.24) is 0 Å². The number of fused-ring (bicyclic) bond motifs is 2. The second-order valence-electron chi connectivity index (χ2n) is 6.83. The van der Waals surface area contributed by atoms with Crippen LogP contribution in [-0.4, -0.2) is 15.0 Å². The second kappa shape index (κ2) is 4.95. The molecular formula is C15H25IO2. The van der Waals surface area contributed by atoms with Gasteiger partial charge in [0, 0.05) is 5.92 Å². The van der Waals surface area contributed by atoms with Gasteiger partial charge in [0.1, 0.15) is 9.02 Å². The van der Waals surface area contributed by atoms with Gasteiger partial charge in [-0.2, -0.15) is 0 Å². The van der Waals surface area contributed by atoms with E-state index in [0.717, 1.165) is 18.3 Å². The van der Waals surface area contributed by atoms with Gasteiger partial charge < -0.3 is 4.74 Å². The van der Waals surface area contributed by atoms with Crippen molar-refractivity contribution in [2.24, 2.45) is 17.8 Å². The molecule has 2 bridgehead atoms. The summed E-state index contributed by atoms with van der Waals surface area (Å²) in [4.78, 5) is 12.2. The first-order chi connectivity index (χ1) is 8.26. The maximum absolute atomic E-state index is 12.2. The summed E-state index contributed by atoms with van der Waals surface area (Å²) in [7, 11) is 0. The van der Waals surface area contributed by atoms with Crippen molar-refractivity contribution in [2.45, 2.75) is 68.8 Å². The monoisotopic (exact) mass is 364 g/mol. The van der Waals surface area contributed by atoms with Crippen molar-refractivity contribution in [3.8, 4) is 0 Å². The van der Waals surface area contributed by atoms with Crippen LogP contribution in [0.25, 0.3) is 0 Å². The van der Waals surface area contributed by atoms with Gasteiger partial charge in [0.15, 0.2) is 0 Å². The molecule has 2 rings (SSSR count). The fourth-order valence-corrected chi connectivity index (χ4v) is 3.77. The fraction of sp³-hybridized carbons (Fsp3) is 0.933. The Morgan fingerprint density at radius 1 is 1.28 bits per heavy atom. The predicted octanol–water partition coefficient (Wildman–Crippen LogP) is 4.35. The summed E-state index contributed by atoms with van der Waals surface area (Å²) in [6, 6.07) is 0. The van der Waals surface area contributed by atoms with E-state index in [1.807, 2.05) is 13.8 Å². The van der Waals surface area contributed by atoms with Gasteiger partial charge in [0.25, 0.3) is 0 Å². The quantitative estimate of drug-likeness (QED) is 0.421. The van der Waals surface area contributed by atoms with E-state index in [4.69, 9.17) is 4.74 Å². The number of halogens is 1. The second-order valence-corrected chi connectivity index (χ2v) is 9.21. The van der Waals surface area contributed by atoms with Gasteiger partial charge in [-0.15, -0.1) is 0 Å². The highest BCUT2D eigenvalue weighted by Crippen LogP contribution is 2.53. The minimum atomic E-state index is -0.382. The van der Waals surface area contributed by atoms with Crippen molar-refractivity contribution >= 4 is 28.6 Å². The highest BCUT2D eigenvalue weighted by atomic mass is 127. The third-order valence-electron chi connectivity index (χ3n) is 5.08. The summed E-state index contributed by atoms with van der Waals surface area (Å²) in [5.41, 5.74) is -0.293. The molecule has 4 atom stereocenters. The molecule has 104 valence electrons. The number of hydrogen-bond donors (Lipinski definition) is 0. The molecule has 2 aliphatic rings. The molecule has 3 heteroatoms. The van der Waals surface area contributed by atoms with Gasteiger partial charge in [0.2, 0.25) is 0 Å². The lowest BCUT2D eigenvalue weighted by atomic mass is 9.78. The Morgan fingerprint density at radius 3 is 2.39 bits per heavy atom. The summed E-state index contributed by atoms with van der Waals surface area (Å²) in [5.74, 6) is 2.22. The van der Waals surface area contributed by atoms with Gasteiger partial charge in [-0.1, -0.05) is 35.9 Å². The van der Waals surface area contributed by atoms with Crippen LogP contribution in [0, 0.1) is 17.8 Å². The van der Waals surface area contributed by atoms with E-state index in [0.29, 0.717) is 5.92 Å². The van der Waals surface area contributed by atoms with Crippen LogP contribution in [-0.2, 0) is 9.53 Å². The molecule has 0 aromatic heterocycles. The normalized spacial score (nSPS) is 34.4. The van der Waals surface area contributed by atoms with E-state index in [1.54, 1.807) is 0 Å². The lowest BCUT2D eigenvalue weighted by Crippen LogP contribution is -2.43. The van der Waals surface area contributed by atoms with Gasteiger partial charge >= 0.3 is 5.97 Å². The minimum Gasteiger partial charge on any atom is -0.458 e. The van der Waals surface area contributed by atoms with Crippen molar-refractivity contribution in [2.75, 3.05) is 0 Å². The molecule has 0 radical (unpaired) electrons. The third kappa shape index (κ3) is 2.70. The predicted molar refractivity (Wildman–Crippen MR) is 81.8 cm³/mol. The maximum Gasteiger partial charge on any atom is 0.322 e. The molecule has 2 fully saturated rings. The van der Waals surface area contributed by atoms with Crippen LogP contribution in [0.5, 0.6) is 0 Å². The topological polar surface area (TPSA) is 26.3 Å². The average molecular weight is 364 g/mol. The Morgan fingerprint density at radius 2 is 1.94 bits per heavy atom. The standard InChI is InChI=1S/C15H25IO2/c1-5-15(4,16)13(17)18-14(2,3)12-9-10-6-7-11(12)8-10/h10-12H,5-9H2,1-4H3. The summed E-state index contributed by atoms with van der Waals surface area (Å²) < 4.78 is 5.50. The Bertz CT molecular complexity index is 335. The number of esters is 1. The number of ether oxygens (including phenoxy) is 1. The molecular weight excluding hydrogens is 339 g/mol. The molecule has 2 nitrogen and oxygen atoms in total. The summed E-state index contributed by atoms with van der Waals surface area (Å²) >= 11 is 2.22. The maximum atomic E-state index is 12.2. The Labute approximate surface area is 124 Å². The number of carbonyl (C=O) groups is 1. The van der Waals surface area contributed by atoms with Crippen LogP contribution < -0.4 is 0 Å². The summed E-state index contributed by atoms with van der Waals surface area (Å²) in [6.07, 6.45) is 6.17. The number of carbonyl (C=O) groups excluding carboxylic acids is 1. The van der Waals surface area contributed by atoms with Crippen molar-refractivity contribution in [3.05, 3.63) is 0 Å². The molecule has 0 N–H and O–H groups in total. The first kappa shape index (κ1) is 14.6.